The summed E-state index contributed by atoms with van der Waals surface area (Å²) in [5, 5.41) is 8.84. The average molecular weight is 244 g/mol. The number of aliphatic hydroxyl groups is 1. The summed E-state index contributed by atoms with van der Waals surface area (Å²) in [5.41, 5.74) is 0.376. The molecule has 0 atom stereocenters. The largest absolute Gasteiger partial charge is 0.490 e. The van der Waals surface area contributed by atoms with E-state index in [0.717, 1.165) is 25.3 Å². The molecule has 1 N–H and O–H groups in total. The maximum Gasteiger partial charge on any atom is 0.168 e. The van der Waals surface area contributed by atoms with Gasteiger partial charge in [0.05, 0.1) is 6.61 Å². The molecule has 2 nitrogen and oxygen atoms in total. The van der Waals surface area contributed by atoms with E-state index in [-0.39, 0.29) is 18.8 Å². The van der Waals surface area contributed by atoms with Crippen LogP contribution in [-0.2, 0) is 6.42 Å². The van der Waals surface area contributed by atoms with E-state index >= 15 is 0 Å². The van der Waals surface area contributed by atoms with Gasteiger partial charge < -0.3 is 9.84 Å². The molecule has 1 aromatic rings. The Kier molecular flexibility index (Phi) is 5.91. The second-order valence-corrected chi connectivity index (χ2v) is 3.91. The van der Waals surface area contributed by atoms with Crippen LogP contribution in [0.2, 0.25) is 0 Å². The van der Waals surface area contributed by atoms with Crippen LogP contribution in [0.4, 0.5) is 8.78 Å². The molecule has 0 amide bonds. The summed E-state index contributed by atoms with van der Waals surface area (Å²) >= 11 is 0. The van der Waals surface area contributed by atoms with Gasteiger partial charge in [0.15, 0.2) is 11.6 Å². The van der Waals surface area contributed by atoms with Crippen molar-refractivity contribution in [3.63, 3.8) is 0 Å². The zero-order valence-corrected chi connectivity index (χ0v) is 10.0. The lowest BCUT2D eigenvalue weighted by molar-refractivity contribution is 0.275. The van der Waals surface area contributed by atoms with Crippen molar-refractivity contribution in [3.05, 3.63) is 29.3 Å². The minimum absolute atomic E-state index is 0.0663. The number of benzene rings is 1. The molecule has 0 unspecified atom stereocenters. The lowest BCUT2D eigenvalue weighted by Crippen LogP contribution is -2.04. The van der Waals surface area contributed by atoms with Crippen molar-refractivity contribution in [3.8, 4) is 5.75 Å². The first-order valence-corrected chi connectivity index (χ1v) is 5.90. The van der Waals surface area contributed by atoms with Crippen LogP contribution in [0, 0.1) is 11.6 Å². The maximum atomic E-state index is 13.5. The fraction of sp³-hybridized carbons (Fsp3) is 0.538. The molecular weight excluding hydrogens is 226 g/mol. The van der Waals surface area contributed by atoms with Crippen LogP contribution in [0.15, 0.2) is 12.1 Å². The summed E-state index contributed by atoms with van der Waals surface area (Å²) in [6.45, 7) is 2.32. The molecule has 0 saturated carbocycles. The highest BCUT2D eigenvalue weighted by atomic mass is 19.1. The van der Waals surface area contributed by atoms with E-state index in [9.17, 15) is 8.78 Å². The molecule has 1 aromatic carbocycles. The summed E-state index contributed by atoms with van der Waals surface area (Å²) in [6, 6.07) is 2.00. The Hall–Kier alpha value is -1.16. The summed E-state index contributed by atoms with van der Waals surface area (Å²) in [6.07, 6.45) is 3.10. The minimum atomic E-state index is -0.704. The van der Waals surface area contributed by atoms with Crippen molar-refractivity contribution in [2.24, 2.45) is 0 Å². The van der Waals surface area contributed by atoms with Gasteiger partial charge in [-0.3, -0.25) is 0 Å². The Balaban J connectivity index is 2.73. The lowest BCUT2D eigenvalue weighted by Gasteiger charge is -2.12. The van der Waals surface area contributed by atoms with Crippen molar-refractivity contribution in [2.45, 2.75) is 32.6 Å². The highest BCUT2D eigenvalue weighted by molar-refractivity contribution is 5.35. The first-order valence-electron chi connectivity index (χ1n) is 5.90. The number of unbranched alkanes of at least 4 members (excludes halogenated alkanes) is 2. The standard InChI is InChI=1S/C13H18F2O2/c1-2-3-4-7-17-13-10(5-6-16)8-11(14)9-12(13)15/h8-9,16H,2-7H2,1H3. The molecule has 0 fully saturated rings. The van der Waals surface area contributed by atoms with Crippen LogP contribution in [0.25, 0.3) is 0 Å². The first-order chi connectivity index (χ1) is 8.19. The topological polar surface area (TPSA) is 29.5 Å². The zero-order valence-electron chi connectivity index (χ0n) is 10.0. The molecule has 96 valence electrons. The van der Waals surface area contributed by atoms with Crippen LogP contribution >= 0.6 is 0 Å². The summed E-state index contributed by atoms with van der Waals surface area (Å²) < 4.78 is 31.8. The molecule has 0 aliphatic carbocycles. The lowest BCUT2D eigenvalue weighted by atomic mass is 10.1. The molecule has 0 aromatic heterocycles. The van der Waals surface area contributed by atoms with E-state index in [1.807, 2.05) is 0 Å². The van der Waals surface area contributed by atoms with Crippen LogP contribution in [0.5, 0.6) is 5.75 Å². The molecule has 1 rings (SSSR count). The van der Waals surface area contributed by atoms with Gasteiger partial charge >= 0.3 is 0 Å². The fourth-order valence-corrected chi connectivity index (χ4v) is 1.61. The number of hydrogen-bond acceptors (Lipinski definition) is 2. The summed E-state index contributed by atoms with van der Waals surface area (Å²) in [4.78, 5) is 0. The monoisotopic (exact) mass is 244 g/mol. The molecule has 0 heterocycles. The van der Waals surface area contributed by atoms with Gasteiger partial charge in [-0.2, -0.15) is 0 Å². The summed E-state index contributed by atoms with van der Waals surface area (Å²) in [7, 11) is 0. The molecule has 17 heavy (non-hydrogen) atoms. The van der Waals surface area contributed by atoms with Crippen LogP contribution in [0.1, 0.15) is 31.7 Å². The maximum absolute atomic E-state index is 13.5. The van der Waals surface area contributed by atoms with Gasteiger partial charge in [0.2, 0.25) is 0 Å². The van der Waals surface area contributed by atoms with E-state index in [1.165, 1.54) is 6.07 Å². The van der Waals surface area contributed by atoms with Gasteiger partial charge in [-0.25, -0.2) is 8.78 Å². The number of hydrogen-bond donors (Lipinski definition) is 1. The van der Waals surface area contributed by atoms with Crippen molar-refractivity contribution in [2.75, 3.05) is 13.2 Å². The van der Waals surface area contributed by atoms with Crippen molar-refractivity contribution < 1.29 is 18.6 Å². The van der Waals surface area contributed by atoms with Gasteiger partial charge in [-0.15, -0.1) is 0 Å². The van der Waals surface area contributed by atoms with Crippen molar-refractivity contribution >= 4 is 0 Å². The SMILES string of the molecule is CCCCCOc1c(F)cc(F)cc1CCO. The fourth-order valence-electron chi connectivity index (χ4n) is 1.61. The Labute approximate surface area is 100 Å². The van der Waals surface area contributed by atoms with Crippen LogP contribution in [-0.4, -0.2) is 18.3 Å². The number of aliphatic hydroxyl groups excluding tert-OH is 1. The van der Waals surface area contributed by atoms with Crippen molar-refractivity contribution in [1.29, 1.82) is 0 Å². The smallest absolute Gasteiger partial charge is 0.168 e. The second kappa shape index (κ2) is 7.22. The van der Waals surface area contributed by atoms with E-state index in [4.69, 9.17) is 9.84 Å². The molecule has 0 bridgehead atoms. The number of ether oxygens (including phenoxy) is 1. The van der Waals surface area contributed by atoms with Gasteiger partial charge in [0.1, 0.15) is 5.82 Å². The molecule has 0 radical (unpaired) electrons. The van der Waals surface area contributed by atoms with E-state index in [1.54, 1.807) is 0 Å². The highest BCUT2D eigenvalue weighted by Crippen LogP contribution is 2.25. The second-order valence-electron chi connectivity index (χ2n) is 3.91. The predicted molar refractivity (Wildman–Crippen MR) is 62.2 cm³/mol. The third-order valence-electron chi connectivity index (χ3n) is 2.46. The number of rotatable bonds is 7. The molecule has 4 heteroatoms. The van der Waals surface area contributed by atoms with Gasteiger partial charge in [-0.05, 0) is 18.9 Å². The Bertz CT molecular complexity index is 354. The Morgan fingerprint density at radius 3 is 2.65 bits per heavy atom. The molecule has 0 aliphatic heterocycles. The molecular formula is C13H18F2O2. The molecule has 0 saturated heterocycles. The molecule has 0 aliphatic rings. The van der Waals surface area contributed by atoms with Gasteiger partial charge in [0.25, 0.3) is 0 Å². The first kappa shape index (κ1) is 13.9. The van der Waals surface area contributed by atoms with Crippen molar-refractivity contribution in [1.82, 2.24) is 0 Å². The quantitative estimate of drug-likeness (QED) is 0.747. The van der Waals surface area contributed by atoms with E-state index in [2.05, 4.69) is 6.92 Å². The normalized spacial score (nSPS) is 10.6. The van der Waals surface area contributed by atoms with Crippen LogP contribution < -0.4 is 4.74 Å². The number of halogens is 2. The average Bonchev–Trinajstić information content (AvgIpc) is 2.27. The predicted octanol–water partition coefficient (Wildman–Crippen LogP) is 3.07. The van der Waals surface area contributed by atoms with Crippen LogP contribution in [0.3, 0.4) is 0 Å². The van der Waals surface area contributed by atoms with Gasteiger partial charge in [0, 0.05) is 18.2 Å². The third kappa shape index (κ3) is 4.30. The Morgan fingerprint density at radius 2 is 2.00 bits per heavy atom. The van der Waals surface area contributed by atoms with Gasteiger partial charge in [-0.1, -0.05) is 19.8 Å². The third-order valence-corrected chi connectivity index (χ3v) is 2.46. The van der Waals surface area contributed by atoms with E-state index < -0.39 is 11.6 Å². The molecule has 0 spiro atoms. The van der Waals surface area contributed by atoms with E-state index in [0.29, 0.717) is 12.2 Å². The zero-order chi connectivity index (χ0) is 12.7. The highest BCUT2D eigenvalue weighted by Gasteiger charge is 2.12. The Morgan fingerprint density at radius 1 is 1.24 bits per heavy atom. The minimum Gasteiger partial charge on any atom is -0.490 e. The summed E-state index contributed by atoms with van der Waals surface area (Å²) in [5.74, 6) is -1.28.